The van der Waals surface area contributed by atoms with Crippen molar-refractivity contribution in [3.63, 3.8) is 0 Å². The normalized spacial score (nSPS) is 10.1. The van der Waals surface area contributed by atoms with E-state index in [0.29, 0.717) is 6.61 Å². The summed E-state index contributed by atoms with van der Waals surface area (Å²) in [5.41, 5.74) is 3.15. The zero-order valence-electron chi connectivity index (χ0n) is 10.8. The highest BCUT2D eigenvalue weighted by molar-refractivity contribution is 5.43. The van der Waals surface area contributed by atoms with Gasteiger partial charge in [-0.3, -0.25) is 4.98 Å². The minimum Gasteiger partial charge on any atom is -0.487 e. The van der Waals surface area contributed by atoms with Crippen LogP contribution in [-0.2, 0) is 6.61 Å². The van der Waals surface area contributed by atoms with E-state index in [2.05, 4.69) is 17.2 Å². The van der Waals surface area contributed by atoms with Crippen molar-refractivity contribution in [2.24, 2.45) is 0 Å². The second kappa shape index (κ2) is 6.05. The number of pyridine rings is 1. The lowest BCUT2D eigenvalue weighted by atomic mass is 10.2. The van der Waals surface area contributed by atoms with E-state index in [1.54, 1.807) is 6.20 Å². The van der Waals surface area contributed by atoms with Crippen molar-refractivity contribution in [2.75, 3.05) is 11.9 Å². The number of aryl methyl sites for hydroxylation is 1. The van der Waals surface area contributed by atoms with Gasteiger partial charge in [0.25, 0.3) is 0 Å². The van der Waals surface area contributed by atoms with Gasteiger partial charge in [0.05, 0.1) is 5.69 Å². The Bertz CT molecular complexity index is 511. The van der Waals surface area contributed by atoms with E-state index in [9.17, 15) is 0 Å². The van der Waals surface area contributed by atoms with Crippen molar-refractivity contribution in [2.45, 2.75) is 20.5 Å². The van der Waals surface area contributed by atoms with Gasteiger partial charge in [-0.15, -0.1) is 0 Å². The smallest absolute Gasteiger partial charge is 0.130 e. The van der Waals surface area contributed by atoms with Crippen LogP contribution in [0.4, 0.5) is 5.69 Å². The molecule has 0 amide bonds. The van der Waals surface area contributed by atoms with Gasteiger partial charge in [-0.2, -0.15) is 0 Å². The molecule has 1 aromatic carbocycles. The molecule has 0 aliphatic heterocycles. The van der Waals surface area contributed by atoms with Crippen LogP contribution in [0.5, 0.6) is 5.75 Å². The van der Waals surface area contributed by atoms with Gasteiger partial charge in [0.1, 0.15) is 12.4 Å². The fraction of sp³-hybridized carbons (Fsp3) is 0.267. The van der Waals surface area contributed by atoms with Crippen molar-refractivity contribution >= 4 is 5.69 Å². The van der Waals surface area contributed by atoms with Crippen LogP contribution in [0.25, 0.3) is 0 Å². The predicted octanol–water partition coefficient (Wildman–Crippen LogP) is 3.40. The number of hydrogen-bond donors (Lipinski definition) is 1. The largest absolute Gasteiger partial charge is 0.487 e. The molecular weight excluding hydrogens is 224 g/mol. The summed E-state index contributed by atoms with van der Waals surface area (Å²) < 4.78 is 5.77. The fourth-order valence-electron chi connectivity index (χ4n) is 1.74. The van der Waals surface area contributed by atoms with Crippen molar-refractivity contribution in [3.05, 3.63) is 53.9 Å². The number of nitrogens with one attached hydrogen (secondary N) is 1. The maximum absolute atomic E-state index is 5.77. The fourth-order valence-corrected chi connectivity index (χ4v) is 1.74. The highest BCUT2D eigenvalue weighted by Gasteiger charge is 2.00. The van der Waals surface area contributed by atoms with Crippen LogP contribution in [0.2, 0.25) is 0 Å². The third-order valence-electron chi connectivity index (χ3n) is 2.67. The predicted molar refractivity (Wildman–Crippen MR) is 73.9 cm³/mol. The molecule has 2 rings (SSSR count). The first-order chi connectivity index (χ1) is 8.79. The molecule has 0 aliphatic carbocycles. The van der Waals surface area contributed by atoms with Crippen LogP contribution in [0.3, 0.4) is 0 Å². The van der Waals surface area contributed by atoms with Crippen LogP contribution in [0, 0.1) is 6.92 Å². The summed E-state index contributed by atoms with van der Waals surface area (Å²) in [6.45, 7) is 5.51. The first-order valence-electron chi connectivity index (χ1n) is 6.17. The molecule has 18 heavy (non-hydrogen) atoms. The third kappa shape index (κ3) is 3.23. The minimum atomic E-state index is 0.490. The second-order valence-corrected chi connectivity index (χ2v) is 4.12. The Morgan fingerprint density at radius 1 is 1.22 bits per heavy atom. The van der Waals surface area contributed by atoms with Crippen molar-refractivity contribution < 1.29 is 4.74 Å². The molecule has 0 saturated heterocycles. The Kier molecular flexibility index (Phi) is 4.18. The Hall–Kier alpha value is -2.03. The number of aromatic nitrogens is 1. The highest BCUT2D eigenvalue weighted by Crippen LogP contribution is 2.18. The lowest BCUT2D eigenvalue weighted by Crippen LogP contribution is -2.02. The van der Waals surface area contributed by atoms with Gasteiger partial charge < -0.3 is 10.1 Å². The van der Waals surface area contributed by atoms with Crippen molar-refractivity contribution in [1.82, 2.24) is 4.98 Å². The van der Waals surface area contributed by atoms with E-state index < -0.39 is 0 Å². The number of hydrogen-bond acceptors (Lipinski definition) is 3. The molecule has 94 valence electrons. The summed E-state index contributed by atoms with van der Waals surface area (Å²) in [4.78, 5) is 4.30. The first kappa shape index (κ1) is 12.4. The van der Waals surface area contributed by atoms with Crippen molar-refractivity contribution in [1.29, 1.82) is 0 Å². The summed E-state index contributed by atoms with van der Waals surface area (Å²) in [6.07, 6.45) is 1.80. The zero-order valence-corrected chi connectivity index (χ0v) is 10.8. The van der Waals surface area contributed by atoms with Crippen LogP contribution in [0.15, 0.2) is 42.6 Å². The summed E-state index contributed by atoms with van der Waals surface area (Å²) in [6, 6.07) is 12.0. The molecule has 0 aliphatic rings. The maximum Gasteiger partial charge on any atom is 0.130 e. The molecular formula is C15H18N2O. The number of para-hydroxylation sites is 1. The average Bonchev–Trinajstić information content (AvgIpc) is 2.39. The van der Waals surface area contributed by atoms with E-state index >= 15 is 0 Å². The summed E-state index contributed by atoms with van der Waals surface area (Å²) in [5, 5.41) is 3.26. The van der Waals surface area contributed by atoms with E-state index in [0.717, 1.165) is 29.2 Å². The van der Waals surface area contributed by atoms with E-state index in [-0.39, 0.29) is 0 Å². The van der Waals surface area contributed by atoms with E-state index in [4.69, 9.17) is 4.74 Å². The Balaban J connectivity index is 2.02. The topological polar surface area (TPSA) is 34.2 Å². The molecule has 1 heterocycles. The maximum atomic E-state index is 5.77. The summed E-state index contributed by atoms with van der Waals surface area (Å²) in [7, 11) is 0. The molecule has 0 saturated carbocycles. The molecule has 0 atom stereocenters. The molecule has 2 aromatic rings. The van der Waals surface area contributed by atoms with Crippen LogP contribution in [-0.4, -0.2) is 11.5 Å². The van der Waals surface area contributed by atoms with Crippen LogP contribution in [0.1, 0.15) is 18.2 Å². The number of ether oxygens (including phenoxy) is 1. The molecule has 1 N–H and O–H groups in total. The quantitative estimate of drug-likeness (QED) is 0.872. The summed E-state index contributed by atoms with van der Waals surface area (Å²) in [5.74, 6) is 0.910. The third-order valence-corrected chi connectivity index (χ3v) is 2.67. The Morgan fingerprint density at radius 3 is 2.83 bits per heavy atom. The van der Waals surface area contributed by atoms with Gasteiger partial charge in [-0.25, -0.2) is 0 Å². The first-order valence-corrected chi connectivity index (χ1v) is 6.17. The monoisotopic (exact) mass is 242 g/mol. The van der Waals surface area contributed by atoms with Gasteiger partial charge in [0.2, 0.25) is 0 Å². The number of anilines is 1. The molecule has 0 radical (unpaired) electrons. The second-order valence-electron chi connectivity index (χ2n) is 4.12. The van der Waals surface area contributed by atoms with Gasteiger partial charge in [-0.1, -0.05) is 18.2 Å². The van der Waals surface area contributed by atoms with Gasteiger partial charge >= 0.3 is 0 Å². The lowest BCUT2D eigenvalue weighted by Gasteiger charge is -2.09. The van der Waals surface area contributed by atoms with Crippen LogP contribution < -0.4 is 10.1 Å². The Morgan fingerprint density at radius 2 is 2.06 bits per heavy atom. The lowest BCUT2D eigenvalue weighted by molar-refractivity contribution is 0.299. The standard InChI is InChI=1S/C15H18N2O/c1-3-16-13-8-9-17-14(10-13)11-18-15-7-5-4-6-12(15)2/h4-10H,3,11H2,1-2H3,(H,16,17). The number of rotatable bonds is 5. The average molecular weight is 242 g/mol. The molecule has 0 spiro atoms. The molecule has 0 unspecified atom stereocenters. The zero-order chi connectivity index (χ0) is 12.8. The van der Waals surface area contributed by atoms with Gasteiger partial charge in [0, 0.05) is 18.4 Å². The highest BCUT2D eigenvalue weighted by atomic mass is 16.5. The summed E-state index contributed by atoms with van der Waals surface area (Å²) >= 11 is 0. The Labute approximate surface area is 108 Å². The number of benzene rings is 1. The van der Waals surface area contributed by atoms with Crippen LogP contribution >= 0.6 is 0 Å². The SMILES string of the molecule is CCNc1ccnc(COc2ccccc2C)c1. The molecule has 0 fully saturated rings. The van der Waals surface area contributed by atoms with E-state index in [1.807, 2.05) is 43.3 Å². The number of nitrogens with zero attached hydrogens (tertiary/aromatic N) is 1. The molecule has 3 heteroatoms. The molecule has 3 nitrogen and oxygen atoms in total. The van der Waals surface area contributed by atoms with E-state index in [1.165, 1.54) is 0 Å². The van der Waals surface area contributed by atoms with Gasteiger partial charge in [0.15, 0.2) is 0 Å². The molecule has 1 aromatic heterocycles. The van der Waals surface area contributed by atoms with Gasteiger partial charge in [-0.05, 0) is 37.6 Å². The minimum absolute atomic E-state index is 0.490. The van der Waals surface area contributed by atoms with Crippen molar-refractivity contribution in [3.8, 4) is 5.75 Å². The molecule has 0 bridgehead atoms.